The molecule has 2 unspecified atom stereocenters. The van der Waals surface area contributed by atoms with Crippen LogP contribution >= 0.6 is 0 Å². The maximum Gasteiger partial charge on any atom is 0.418 e. The van der Waals surface area contributed by atoms with E-state index < -0.39 is 23.3 Å². The number of likely N-dealkylation sites (tertiary alicyclic amines) is 1. The van der Waals surface area contributed by atoms with Gasteiger partial charge in [0.15, 0.2) is 5.82 Å². The zero-order chi connectivity index (χ0) is 29.6. The van der Waals surface area contributed by atoms with Crippen LogP contribution in [0, 0.1) is 19.7 Å². The summed E-state index contributed by atoms with van der Waals surface area (Å²) in [5.74, 6) is -0.532. The molecule has 0 bridgehead atoms. The average Bonchev–Trinajstić information content (AvgIpc) is 3.30. The van der Waals surface area contributed by atoms with Crippen LogP contribution in [0.5, 0.6) is 6.01 Å². The van der Waals surface area contributed by atoms with Crippen LogP contribution < -0.4 is 20.7 Å². The molecule has 4 heterocycles. The minimum absolute atomic E-state index is 0.00477. The number of nitrogens with two attached hydrogens (primary N) is 1. The Morgan fingerprint density at radius 1 is 1.10 bits per heavy atom. The summed E-state index contributed by atoms with van der Waals surface area (Å²) in [6, 6.07) is 3.06. The smallest absolute Gasteiger partial charge is 0.418 e. The Bertz CT molecular complexity index is 1450. The van der Waals surface area contributed by atoms with Crippen LogP contribution in [0.4, 0.5) is 29.2 Å². The van der Waals surface area contributed by atoms with Gasteiger partial charge in [0.25, 0.3) is 0 Å². The van der Waals surface area contributed by atoms with Crippen molar-refractivity contribution in [2.45, 2.75) is 71.3 Å². The number of rotatable bonds is 6. The predicted octanol–water partition coefficient (Wildman–Crippen LogP) is 5.10. The van der Waals surface area contributed by atoms with E-state index in [-0.39, 0.29) is 52.2 Å². The largest absolute Gasteiger partial charge is 0.462 e. The topological polar surface area (TPSA) is 92.4 Å². The first-order chi connectivity index (χ1) is 19.4. The summed E-state index contributed by atoms with van der Waals surface area (Å²) in [6.45, 7) is 9.70. The van der Waals surface area contributed by atoms with E-state index in [2.05, 4.69) is 38.9 Å². The Morgan fingerprint density at radius 3 is 2.51 bits per heavy atom. The number of likely N-dealkylation sites (N-methyl/N-ethyl adjacent to an activating group) is 1. The lowest BCUT2D eigenvalue weighted by molar-refractivity contribution is -0.137. The molecule has 1 aromatic carbocycles. The van der Waals surface area contributed by atoms with Crippen molar-refractivity contribution < 1.29 is 22.3 Å². The van der Waals surface area contributed by atoms with Crippen molar-refractivity contribution in [3.63, 3.8) is 0 Å². The van der Waals surface area contributed by atoms with Crippen molar-refractivity contribution in [2.24, 2.45) is 0 Å². The maximum atomic E-state index is 16.6. The molecular weight excluding hydrogens is 538 g/mol. The quantitative estimate of drug-likeness (QED) is 0.393. The second kappa shape index (κ2) is 11.2. The molecule has 12 heteroatoms. The van der Waals surface area contributed by atoms with Gasteiger partial charge in [0.1, 0.15) is 23.8 Å². The van der Waals surface area contributed by atoms with E-state index in [1.165, 1.54) is 6.92 Å². The molecule has 0 aliphatic carbocycles. The number of piperazine rings is 1. The van der Waals surface area contributed by atoms with Gasteiger partial charge in [-0.05, 0) is 76.9 Å². The van der Waals surface area contributed by atoms with Gasteiger partial charge in [0.2, 0.25) is 0 Å². The van der Waals surface area contributed by atoms with Gasteiger partial charge < -0.3 is 25.6 Å². The second-order valence-electron chi connectivity index (χ2n) is 11.3. The molecule has 2 saturated heterocycles. The van der Waals surface area contributed by atoms with Crippen molar-refractivity contribution in [3.8, 4) is 17.3 Å². The van der Waals surface area contributed by atoms with Crippen LogP contribution in [0.1, 0.15) is 49.8 Å². The fourth-order valence-corrected chi connectivity index (χ4v) is 6.21. The van der Waals surface area contributed by atoms with Crippen molar-refractivity contribution in [2.75, 3.05) is 43.9 Å². The van der Waals surface area contributed by atoms with Crippen molar-refractivity contribution in [1.29, 1.82) is 0 Å². The van der Waals surface area contributed by atoms with Crippen LogP contribution in [-0.4, -0.2) is 71.3 Å². The molecule has 3 aromatic rings. The monoisotopic (exact) mass is 575 g/mol. The minimum atomic E-state index is -4.77. The number of hydrogen-bond acceptors (Lipinski definition) is 8. The van der Waals surface area contributed by atoms with Crippen LogP contribution in [0.15, 0.2) is 12.1 Å². The number of hydrogen-bond donors (Lipinski definition) is 2. The molecule has 5 rings (SSSR count). The third-order valence-corrected chi connectivity index (χ3v) is 8.32. The predicted molar refractivity (Wildman–Crippen MR) is 152 cm³/mol. The summed E-state index contributed by atoms with van der Waals surface area (Å²) in [4.78, 5) is 17.6. The molecule has 41 heavy (non-hydrogen) atoms. The van der Waals surface area contributed by atoms with Crippen LogP contribution in [-0.2, 0) is 6.18 Å². The maximum absolute atomic E-state index is 16.6. The summed E-state index contributed by atoms with van der Waals surface area (Å²) in [5.41, 5.74) is 4.04. The first-order valence-electron chi connectivity index (χ1n) is 14.1. The number of aryl methyl sites for hydroxylation is 2. The molecule has 2 aromatic heterocycles. The Balaban J connectivity index is 1.74. The number of aromatic nitrogens is 3. The van der Waals surface area contributed by atoms with Crippen molar-refractivity contribution in [1.82, 2.24) is 25.2 Å². The molecule has 8 nitrogen and oxygen atoms in total. The zero-order valence-electron chi connectivity index (χ0n) is 24.1. The highest BCUT2D eigenvalue weighted by Gasteiger charge is 2.39. The lowest BCUT2D eigenvalue weighted by Gasteiger charge is -2.42. The Kier molecular flexibility index (Phi) is 7.99. The lowest BCUT2D eigenvalue weighted by Crippen LogP contribution is -2.56. The summed E-state index contributed by atoms with van der Waals surface area (Å²) < 4.78 is 65.3. The van der Waals surface area contributed by atoms with E-state index in [0.29, 0.717) is 24.4 Å². The van der Waals surface area contributed by atoms with Crippen molar-refractivity contribution in [3.05, 3.63) is 34.6 Å². The van der Waals surface area contributed by atoms with E-state index in [1.54, 1.807) is 13.0 Å². The van der Waals surface area contributed by atoms with Crippen LogP contribution in [0.2, 0.25) is 0 Å². The third-order valence-electron chi connectivity index (χ3n) is 8.32. The molecular formula is C29H37F4N7O. The number of alkyl halides is 3. The number of anilines is 2. The van der Waals surface area contributed by atoms with E-state index in [1.807, 2.05) is 7.05 Å². The molecule has 222 valence electrons. The molecule has 0 radical (unpaired) electrons. The number of nitrogens with one attached hydrogen (secondary N) is 1. The average molecular weight is 576 g/mol. The Labute approximate surface area is 237 Å². The Hall–Kier alpha value is -3.25. The lowest BCUT2D eigenvalue weighted by atomic mass is 9.95. The summed E-state index contributed by atoms with van der Waals surface area (Å²) in [7, 11) is 2.02. The molecule has 2 aliphatic heterocycles. The summed E-state index contributed by atoms with van der Waals surface area (Å²) in [5, 5.41) is 3.84. The number of nitrogen functional groups attached to an aromatic ring is 1. The van der Waals surface area contributed by atoms with E-state index >= 15 is 4.39 Å². The highest BCUT2D eigenvalue weighted by Crippen LogP contribution is 2.43. The fraction of sp³-hybridized carbons (Fsp3) is 0.552. The normalized spacial score (nSPS) is 22.1. The van der Waals surface area contributed by atoms with Gasteiger partial charge in [0.05, 0.1) is 11.3 Å². The van der Waals surface area contributed by atoms with Gasteiger partial charge in [-0.15, -0.1) is 0 Å². The van der Waals surface area contributed by atoms with Gasteiger partial charge >= 0.3 is 12.2 Å². The van der Waals surface area contributed by atoms with Crippen LogP contribution in [0.3, 0.4) is 0 Å². The molecule has 2 fully saturated rings. The van der Waals surface area contributed by atoms with E-state index in [4.69, 9.17) is 15.5 Å². The zero-order valence-corrected chi connectivity index (χ0v) is 24.1. The standard InChI is InChI=1S/C29H37F4N7O/c1-6-18-13-35-12-17(4)40(18)27-20-10-15(2)22(26-23(29(31,32)33)16(3)11-21(34)36-26)24(30)25(20)37-28(38-27)41-14-19-8-7-9-39(19)5/h10-11,17-19,35H,6-9,12-14H2,1-5H3,(H2,34,36)/t17?,18?,19-/m0/s1. The number of halogens is 4. The van der Waals surface area contributed by atoms with Gasteiger partial charge in [-0.1, -0.05) is 6.92 Å². The third kappa shape index (κ3) is 5.51. The number of nitrogens with zero attached hydrogens (tertiary/aromatic N) is 5. The number of pyridine rings is 1. The second-order valence-corrected chi connectivity index (χ2v) is 11.3. The SMILES string of the molecule is CCC1CNCC(C)N1c1nc(OC[C@@H]2CCCN2C)nc2c(F)c(-c3nc(N)cc(C)c3C(F)(F)F)c(C)cc12. The first kappa shape index (κ1) is 29.2. The molecule has 3 atom stereocenters. The highest BCUT2D eigenvalue weighted by atomic mass is 19.4. The first-order valence-corrected chi connectivity index (χ1v) is 14.1. The van der Waals surface area contributed by atoms with Gasteiger partial charge in [-0.25, -0.2) is 9.37 Å². The van der Waals surface area contributed by atoms with Crippen molar-refractivity contribution >= 4 is 22.5 Å². The number of ether oxygens (including phenoxy) is 1. The van der Waals surface area contributed by atoms with Crippen LogP contribution in [0.25, 0.3) is 22.2 Å². The molecule has 0 saturated carbocycles. The molecule has 2 aliphatic rings. The van der Waals surface area contributed by atoms with Gasteiger partial charge in [-0.2, -0.15) is 23.1 Å². The number of fused-ring (bicyclic) bond motifs is 1. The highest BCUT2D eigenvalue weighted by molar-refractivity contribution is 5.95. The molecule has 0 amide bonds. The van der Waals surface area contributed by atoms with Gasteiger partial charge in [-0.3, -0.25) is 0 Å². The molecule has 0 spiro atoms. The van der Waals surface area contributed by atoms with Gasteiger partial charge in [0, 0.05) is 42.2 Å². The minimum Gasteiger partial charge on any atom is -0.462 e. The summed E-state index contributed by atoms with van der Waals surface area (Å²) in [6.07, 6.45) is -1.94. The number of benzene rings is 1. The fourth-order valence-electron chi connectivity index (χ4n) is 6.21. The van der Waals surface area contributed by atoms with E-state index in [9.17, 15) is 13.2 Å². The summed E-state index contributed by atoms with van der Waals surface area (Å²) >= 11 is 0. The van der Waals surface area contributed by atoms with E-state index in [0.717, 1.165) is 38.4 Å². The molecule has 3 N–H and O–H groups in total. The Morgan fingerprint density at radius 2 is 1.85 bits per heavy atom.